The van der Waals surface area contributed by atoms with Crippen LogP contribution in [-0.2, 0) is 15.0 Å². The van der Waals surface area contributed by atoms with Gasteiger partial charge in [-0.3, -0.25) is 9.59 Å². The second kappa shape index (κ2) is 9.43. The summed E-state index contributed by atoms with van der Waals surface area (Å²) in [5.41, 5.74) is -0.628. The number of carbonyl (C=O) groups is 2. The lowest BCUT2D eigenvalue weighted by molar-refractivity contribution is -0.153. The van der Waals surface area contributed by atoms with Crippen LogP contribution in [0.5, 0.6) is 5.75 Å². The van der Waals surface area contributed by atoms with Crippen LogP contribution in [0.4, 0.5) is 0 Å². The van der Waals surface area contributed by atoms with Crippen molar-refractivity contribution in [1.29, 1.82) is 0 Å². The normalized spacial score (nSPS) is 15.6. The molecule has 0 aliphatic rings. The van der Waals surface area contributed by atoms with Gasteiger partial charge < -0.3 is 4.74 Å². The van der Waals surface area contributed by atoms with E-state index in [0.29, 0.717) is 18.6 Å². The van der Waals surface area contributed by atoms with Gasteiger partial charge in [0.25, 0.3) is 0 Å². The van der Waals surface area contributed by atoms with Crippen LogP contribution in [0.1, 0.15) is 86.6 Å². The molecule has 0 spiro atoms. The van der Waals surface area contributed by atoms with Gasteiger partial charge in [-0.1, -0.05) is 73.6 Å². The molecule has 28 heavy (non-hydrogen) atoms. The lowest BCUT2D eigenvalue weighted by Gasteiger charge is -2.46. The quantitative estimate of drug-likeness (QED) is 0.302. The van der Waals surface area contributed by atoms with Crippen LogP contribution in [-0.4, -0.2) is 16.6 Å². The standard InChI is InChI=1S/C24H37ClO3/c1-9-17(21(25)27)20(26)24(12-4,23(7,8)11-3)28-19-16-14-13-15-18(19)22(5,6)10-2/h13-17H,9-12H2,1-8H3. The second-order valence-electron chi connectivity index (χ2n) is 8.88. The Balaban J connectivity index is 3.65. The molecule has 1 rings (SSSR count). The largest absolute Gasteiger partial charge is 0.479 e. The molecule has 1 aromatic carbocycles. The Morgan fingerprint density at radius 1 is 0.964 bits per heavy atom. The smallest absolute Gasteiger partial charge is 0.232 e. The SMILES string of the molecule is CCC(C(=O)Cl)C(=O)C(CC)(Oc1ccccc1C(C)(C)CC)C(C)(C)CC. The summed E-state index contributed by atoms with van der Waals surface area (Å²) in [6.45, 7) is 16.4. The first-order valence-electron chi connectivity index (χ1n) is 10.5. The Bertz CT molecular complexity index is 693. The first-order valence-corrected chi connectivity index (χ1v) is 10.8. The molecule has 2 unspecified atom stereocenters. The summed E-state index contributed by atoms with van der Waals surface area (Å²) >= 11 is 5.81. The van der Waals surface area contributed by atoms with E-state index in [0.717, 1.165) is 18.4 Å². The number of hydrogen-bond donors (Lipinski definition) is 0. The minimum atomic E-state index is -1.13. The van der Waals surface area contributed by atoms with Crippen molar-refractivity contribution in [2.75, 3.05) is 0 Å². The Kier molecular flexibility index (Phi) is 8.32. The van der Waals surface area contributed by atoms with Crippen molar-refractivity contribution in [3.8, 4) is 5.75 Å². The van der Waals surface area contributed by atoms with Gasteiger partial charge in [0.2, 0.25) is 5.24 Å². The van der Waals surface area contributed by atoms with Crippen molar-refractivity contribution in [3.63, 3.8) is 0 Å². The molecule has 2 atom stereocenters. The minimum Gasteiger partial charge on any atom is -0.479 e. The molecule has 0 bridgehead atoms. The lowest BCUT2D eigenvalue weighted by Crippen LogP contribution is -2.58. The molecule has 158 valence electrons. The number of hydrogen-bond acceptors (Lipinski definition) is 3. The molecule has 0 heterocycles. The van der Waals surface area contributed by atoms with E-state index in [4.69, 9.17) is 16.3 Å². The summed E-state index contributed by atoms with van der Waals surface area (Å²) in [4.78, 5) is 25.7. The molecule has 0 fully saturated rings. The fourth-order valence-corrected chi connectivity index (χ4v) is 4.01. The highest BCUT2D eigenvalue weighted by molar-refractivity contribution is 6.65. The lowest BCUT2D eigenvalue weighted by atomic mass is 9.66. The second-order valence-corrected chi connectivity index (χ2v) is 9.26. The van der Waals surface area contributed by atoms with E-state index in [1.807, 2.05) is 52.8 Å². The van der Waals surface area contributed by atoms with Crippen molar-refractivity contribution in [3.05, 3.63) is 29.8 Å². The number of halogens is 1. The first-order chi connectivity index (χ1) is 12.9. The minimum absolute atomic E-state index is 0.0953. The molecule has 0 radical (unpaired) electrons. The number of ether oxygens (including phenoxy) is 1. The molecule has 0 saturated carbocycles. The van der Waals surface area contributed by atoms with E-state index in [1.165, 1.54) is 0 Å². The van der Waals surface area contributed by atoms with E-state index in [2.05, 4.69) is 26.8 Å². The molecule has 0 amide bonds. The third-order valence-corrected chi connectivity index (χ3v) is 6.92. The third-order valence-electron chi connectivity index (χ3n) is 6.66. The highest BCUT2D eigenvalue weighted by Gasteiger charge is 2.54. The van der Waals surface area contributed by atoms with Gasteiger partial charge in [-0.25, -0.2) is 0 Å². The average molecular weight is 409 g/mol. The Labute approximate surface area is 176 Å². The van der Waals surface area contributed by atoms with E-state index >= 15 is 0 Å². The van der Waals surface area contributed by atoms with Crippen LogP contribution in [0.25, 0.3) is 0 Å². The van der Waals surface area contributed by atoms with E-state index < -0.39 is 22.2 Å². The number of Topliss-reactive ketones (excluding diaryl/α,β-unsaturated/α-hetero) is 1. The molecule has 0 N–H and O–H groups in total. The maximum absolute atomic E-state index is 13.7. The monoisotopic (exact) mass is 408 g/mol. The number of benzene rings is 1. The molecule has 0 saturated heterocycles. The van der Waals surface area contributed by atoms with Crippen LogP contribution in [0, 0.1) is 11.3 Å². The molecule has 4 heteroatoms. The van der Waals surface area contributed by atoms with Gasteiger partial charge in [0.1, 0.15) is 5.75 Å². The van der Waals surface area contributed by atoms with E-state index in [9.17, 15) is 9.59 Å². The first kappa shape index (κ1) is 24.7. The van der Waals surface area contributed by atoms with Crippen molar-refractivity contribution in [2.45, 2.75) is 92.1 Å². The van der Waals surface area contributed by atoms with Gasteiger partial charge >= 0.3 is 0 Å². The zero-order chi connectivity index (χ0) is 21.8. The van der Waals surface area contributed by atoms with Crippen LogP contribution < -0.4 is 4.74 Å². The topological polar surface area (TPSA) is 43.4 Å². The van der Waals surface area contributed by atoms with Crippen molar-refractivity contribution >= 4 is 22.6 Å². The third kappa shape index (κ3) is 4.62. The molecular weight excluding hydrogens is 372 g/mol. The number of carbonyl (C=O) groups excluding carboxylic acids is 2. The summed E-state index contributed by atoms with van der Waals surface area (Å²) in [6.07, 6.45) is 2.51. The molecule has 0 aliphatic heterocycles. The van der Waals surface area contributed by atoms with Gasteiger partial charge in [-0.15, -0.1) is 0 Å². The fraction of sp³-hybridized carbons (Fsp3) is 0.667. The Morgan fingerprint density at radius 3 is 1.96 bits per heavy atom. The van der Waals surface area contributed by atoms with Gasteiger partial charge in [0.15, 0.2) is 11.4 Å². The predicted molar refractivity (Wildman–Crippen MR) is 117 cm³/mol. The Morgan fingerprint density at radius 2 is 1.54 bits per heavy atom. The highest BCUT2D eigenvalue weighted by atomic mass is 35.5. The van der Waals surface area contributed by atoms with Gasteiger partial charge in [-0.2, -0.15) is 0 Å². The fourth-order valence-electron chi connectivity index (χ4n) is 3.76. The molecule has 0 aliphatic carbocycles. The van der Waals surface area contributed by atoms with Crippen LogP contribution in [0.15, 0.2) is 24.3 Å². The Hall–Kier alpha value is -1.35. The van der Waals surface area contributed by atoms with E-state index in [1.54, 1.807) is 0 Å². The molecule has 0 aromatic heterocycles. The van der Waals surface area contributed by atoms with Gasteiger partial charge in [0.05, 0.1) is 5.92 Å². The van der Waals surface area contributed by atoms with Crippen molar-refractivity contribution in [1.82, 2.24) is 0 Å². The summed E-state index contributed by atoms with van der Waals surface area (Å²) in [5, 5.41) is -0.608. The number of rotatable bonds is 11. The summed E-state index contributed by atoms with van der Waals surface area (Å²) < 4.78 is 6.66. The zero-order valence-corrected chi connectivity index (χ0v) is 19.6. The maximum Gasteiger partial charge on any atom is 0.232 e. The highest BCUT2D eigenvalue weighted by Crippen LogP contribution is 2.45. The summed E-state index contributed by atoms with van der Waals surface area (Å²) in [6, 6.07) is 7.92. The van der Waals surface area contributed by atoms with Crippen molar-refractivity contribution < 1.29 is 14.3 Å². The average Bonchev–Trinajstić information content (AvgIpc) is 2.66. The summed E-state index contributed by atoms with van der Waals surface area (Å²) in [5.74, 6) is -0.366. The zero-order valence-electron chi connectivity index (χ0n) is 18.8. The molecular formula is C24H37ClO3. The molecule has 1 aromatic rings. The van der Waals surface area contributed by atoms with Gasteiger partial charge in [-0.05, 0) is 54.3 Å². The summed E-state index contributed by atoms with van der Waals surface area (Å²) in [7, 11) is 0. The van der Waals surface area contributed by atoms with Crippen LogP contribution in [0.2, 0.25) is 0 Å². The van der Waals surface area contributed by atoms with E-state index in [-0.39, 0.29) is 11.2 Å². The van der Waals surface area contributed by atoms with Crippen LogP contribution in [0.3, 0.4) is 0 Å². The van der Waals surface area contributed by atoms with Crippen LogP contribution >= 0.6 is 11.6 Å². The predicted octanol–water partition coefficient (Wildman–Crippen LogP) is 6.70. The molecule has 3 nitrogen and oxygen atoms in total. The van der Waals surface area contributed by atoms with Crippen molar-refractivity contribution in [2.24, 2.45) is 11.3 Å². The number of para-hydroxylation sites is 1. The maximum atomic E-state index is 13.7. The van der Waals surface area contributed by atoms with Gasteiger partial charge in [0, 0.05) is 5.41 Å². The number of ketones is 1.